The van der Waals surface area contributed by atoms with Crippen LogP contribution in [0.25, 0.3) is 10.9 Å². The first-order valence-electron chi connectivity index (χ1n) is 10.3. The minimum atomic E-state index is -4.65. The van der Waals surface area contributed by atoms with E-state index in [4.69, 9.17) is 0 Å². The number of benzene rings is 1. The van der Waals surface area contributed by atoms with Gasteiger partial charge < -0.3 is 15.5 Å². The van der Waals surface area contributed by atoms with Crippen molar-refractivity contribution in [1.82, 2.24) is 15.6 Å². The van der Waals surface area contributed by atoms with Gasteiger partial charge >= 0.3 is 12.4 Å². The topological polar surface area (TPSA) is 57.3 Å². The molecule has 0 radical (unpaired) electrons. The SMILES string of the molecule is O=C(N[C@@H]1C[C@H](C(F)(F)F)CN(c2ccc(C(F)(F)F)c3ncccc23)C1)C1CCCN1. The molecule has 1 amide bonds. The second-order valence-electron chi connectivity index (χ2n) is 8.26. The molecule has 4 rings (SSSR count). The molecule has 3 heterocycles. The number of alkyl halides is 6. The van der Waals surface area contributed by atoms with Crippen LogP contribution < -0.4 is 15.5 Å². The van der Waals surface area contributed by atoms with Gasteiger partial charge in [-0.1, -0.05) is 0 Å². The van der Waals surface area contributed by atoms with Crippen molar-refractivity contribution in [2.24, 2.45) is 5.92 Å². The fourth-order valence-electron chi connectivity index (χ4n) is 4.51. The largest absolute Gasteiger partial charge is 0.418 e. The molecule has 2 aromatic rings. The number of hydrogen-bond acceptors (Lipinski definition) is 4. The van der Waals surface area contributed by atoms with Gasteiger partial charge in [-0.15, -0.1) is 0 Å². The summed E-state index contributed by atoms with van der Waals surface area (Å²) in [6.45, 7) is 0.317. The number of nitrogens with one attached hydrogen (secondary N) is 2. The fraction of sp³-hybridized carbons (Fsp3) is 0.524. The van der Waals surface area contributed by atoms with Gasteiger partial charge in [0.1, 0.15) is 0 Å². The predicted octanol–water partition coefficient (Wildman–Crippen LogP) is 3.88. The van der Waals surface area contributed by atoms with Crippen LogP contribution in [0.2, 0.25) is 0 Å². The summed E-state index contributed by atoms with van der Waals surface area (Å²) in [6.07, 6.45) is -6.80. The fourth-order valence-corrected chi connectivity index (χ4v) is 4.51. The Bertz CT molecular complexity index is 986. The standard InChI is InChI=1S/C21H22F6N4O/c22-20(23,24)12-9-13(30-19(32)16-4-2-7-28-16)11-31(10-12)17-6-5-15(21(25,26)27)18-14(17)3-1-8-29-18/h1,3,5-6,8,12-13,16,28H,2,4,7,9-11H2,(H,30,32)/t12-,13+,16?/m0/s1. The van der Waals surface area contributed by atoms with Crippen molar-refractivity contribution in [2.45, 2.75) is 43.7 Å². The summed E-state index contributed by atoms with van der Waals surface area (Å²) in [4.78, 5) is 17.7. The first-order valence-corrected chi connectivity index (χ1v) is 10.3. The van der Waals surface area contributed by atoms with E-state index in [0.717, 1.165) is 12.5 Å². The highest BCUT2D eigenvalue weighted by Gasteiger charge is 2.45. The molecule has 2 fully saturated rings. The number of nitrogens with zero attached hydrogens (tertiary/aromatic N) is 2. The molecule has 32 heavy (non-hydrogen) atoms. The van der Waals surface area contributed by atoms with E-state index in [0.29, 0.717) is 13.0 Å². The van der Waals surface area contributed by atoms with Gasteiger partial charge in [-0.2, -0.15) is 26.3 Å². The predicted molar refractivity (Wildman–Crippen MR) is 106 cm³/mol. The molecule has 1 aromatic carbocycles. The summed E-state index contributed by atoms with van der Waals surface area (Å²) in [5, 5.41) is 5.84. The van der Waals surface area contributed by atoms with E-state index in [1.54, 1.807) is 0 Å². The number of amides is 1. The van der Waals surface area contributed by atoms with Crippen molar-refractivity contribution >= 4 is 22.5 Å². The average molecular weight is 460 g/mol. The number of anilines is 1. The van der Waals surface area contributed by atoms with E-state index in [1.807, 2.05) is 0 Å². The van der Waals surface area contributed by atoms with Gasteiger partial charge in [-0.3, -0.25) is 9.78 Å². The average Bonchev–Trinajstić information content (AvgIpc) is 3.26. The molecule has 0 saturated carbocycles. The van der Waals surface area contributed by atoms with E-state index < -0.39 is 42.5 Å². The second kappa shape index (κ2) is 8.42. The maximum Gasteiger partial charge on any atom is 0.418 e. The smallest absolute Gasteiger partial charge is 0.368 e. The van der Waals surface area contributed by atoms with Gasteiger partial charge in [-0.05, 0) is 50.1 Å². The summed E-state index contributed by atoms with van der Waals surface area (Å²) in [7, 11) is 0. The summed E-state index contributed by atoms with van der Waals surface area (Å²) < 4.78 is 81.2. The monoisotopic (exact) mass is 460 g/mol. The van der Waals surface area contributed by atoms with Crippen LogP contribution in [0.1, 0.15) is 24.8 Å². The molecule has 0 aliphatic carbocycles. The molecule has 11 heteroatoms. The van der Waals surface area contributed by atoms with Crippen LogP contribution in [-0.2, 0) is 11.0 Å². The highest BCUT2D eigenvalue weighted by atomic mass is 19.4. The number of piperidine rings is 1. The van der Waals surface area contributed by atoms with Crippen LogP contribution in [0.3, 0.4) is 0 Å². The van der Waals surface area contributed by atoms with Crippen LogP contribution in [0.15, 0.2) is 30.5 Å². The summed E-state index contributed by atoms with van der Waals surface area (Å²) in [5.41, 5.74) is -1.03. The maximum absolute atomic E-state index is 13.7. The summed E-state index contributed by atoms with van der Waals surface area (Å²) in [6, 6.07) is 3.66. The maximum atomic E-state index is 13.7. The number of carbonyl (C=O) groups excluding carboxylic acids is 1. The molecule has 5 nitrogen and oxygen atoms in total. The van der Waals surface area contributed by atoms with Gasteiger partial charge in [0.25, 0.3) is 0 Å². The van der Waals surface area contributed by atoms with Crippen molar-refractivity contribution in [1.29, 1.82) is 0 Å². The van der Waals surface area contributed by atoms with Gasteiger partial charge in [0.2, 0.25) is 5.91 Å². The lowest BCUT2D eigenvalue weighted by Crippen LogP contribution is -2.56. The first-order chi connectivity index (χ1) is 15.0. The molecule has 2 aliphatic rings. The highest BCUT2D eigenvalue weighted by Crippen LogP contribution is 2.40. The molecule has 2 saturated heterocycles. The molecule has 3 atom stereocenters. The molecule has 0 spiro atoms. The van der Waals surface area contributed by atoms with Crippen LogP contribution in [0, 0.1) is 5.92 Å². The highest BCUT2D eigenvalue weighted by molar-refractivity contribution is 5.94. The van der Waals surface area contributed by atoms with E-state index in [-0.39, 0.29) is 35.5 Å². The molecule has 1 aromatic heterocycles. The van der Waals surface area contributed by atoms with Crippen molar-refractivity contribution in [3.05, 3.63) is 36.0 Å². The molecule has 2 N–H and O–H groups in total. The minimum Gasteiger partial charge on any atom is -0.368 e. The van der Waals surface area contributed by atoms with E-state index >= 15 is 0 Å². The zero-order valence-electron chi connectivity index (χ0n) is 16.9. The van der Waals surface area contributed by atoms with Crippen molar-refractivity contribution < 1.29 is 31.1 Å². The number of halogens is 6. The molecular formula is C21H22F6N4O. The van der Waals surface area contributed by atoms with Crippen molar-refractivity contribution in [3.8, 4) is 0 Å². The van der Waals surface area contributed by atoms with E-state index in [1.165, 1.54) is 29.3 Å². The number of fused-ring (bicyclic) bond motifs is 1. The van der Waals surface area contributed by atoms with Crippen LogP contribution in [0.5, 0.6) is 0 Å². The van der Waals surface area contributed by atoms with Crippen LogP contribution >= 0.6 is 0 Å². The van der Waals surface area contributed by atoms with Crippen LogP contribution in [0.4, 0.5) is 32.0 Å². The number of pyridine rings is 1. The molecule has 0 bridgehead atoms. The zero-order valence-corrected chi connectivity index (χ0v) is 16.9. The normalized spacial score (nSPS) is 24.7. The van der Waals surface area contributed by atoms with Gasteiger partial charge in [0, 0.05) is 36.4 Å². The quantitative estimate of drug-likeness (QED) is 0.683. The second-order valence-corrected chi connectivity index (χ2v) is 8.26. The summed E-state index contributed by atoms with van der Waals surface area (Å²) >= 11 is 0. The van der Waals surface area contributed by atoms with Gasteiger partial charge in [0.05, 0.1) is 23.0 Å². The third-order valence-electron chi connectivity index (χ3n) is 6.03. The molecule has 174 valence electrons. The lowest BCUT2D eigenvalue weighted by atomic mass is 9.92. The van der Waals surface area contributed by atoms with Gasteiger partial charge in [0.15, 0.2) is 0 Å². The first kappa shape index (κ1) is 22.6. The van der Waals surface area contributed by atoms with E-state index in [9.17, 15) is 31.1 Å². The Morgan fingerprint density at radius 2 is 1.91 bits per heavy atom. The Balaban J connectivity index is 1.67. The third kappa shape index (κ3) is 4.62. The Morgan fingerprint density at radius 1 is 1.12 bits per heavy atom. The van der Waals surface area contributed by atoms with Crippen molar-refractivity contribution in [2.75, 3.05) is 24.5 Å². The molecule has 1 unspecified atom stereocenters. The lowest BCUT2D eigenvalue weighted by Gasteiger charge is -2.40. The van der Waals surface area contributed by atoms with Gasteiger partial charge in [-0.25, -0.2) is 0 Å². The number of carbonyl (C=O) groups is 1. The Labute approximate surface area is 180 Å². The van der Waals surface area contributed by atoms with E-state index in [2.05, 4.69) is 15.6 Å². The lowest BCUT2D eigenvalue weighted by molar-refractivity contribution is -0.178. The number of aromatic nitrogens is 1. The Morgan fingerprint density at radius 3 is 2.56 bits per heavy atom. The minimum absolute atomic E-state index is 0.0560. The van der Waals surface area contributed by atoms with Crippen LogP contribution in [-0.4, -0.2) is 48.8 Å². The molecule has 2 aliphatic heterocycles. The van der Waals surface area contributed by atoms with Crippen molar-refractivity contribution in [3.63, 3.8) is 0 Å². The number of hydrogen-bond donors (Lipinski definition) is 2. The third-order valence-corrected chi connectivity index (χ3v) is 6.03. The number of rotatable bonds is 3. The molecular weight excluding hydrogens is 438 g/mol. The Hall–Kier alpha value is -2.56. The summed E-state index contributed by atoms with van der Waals surface area (Å²) in [5.74, 6) is -2.08. The zero-order chi connectivity index (χ0) is 23.1. The Kier molecular flexibility index (Phi) is 5.95.